The van der Waals surface area contributed by atoms with E-state index in [9.17, 15) is 4.79 Å². The van der Waals surface area contributed by atoms with E-state index in [1.807, 2.05) is 6.92 Å². The van der Waals surface area contributed by atoms with Gasteiger partial charge in [-0.2, -0.15) is 4.98 Å². The molecule has 0 aliphatic rings. The van der Waals surface area contributed by atoms with Crippen LogP contribution in [0.2, 0.25) is 0 Å². The van der Waals surface area contributed by atoms with Gasteiger partial charge in [0.15, 0.2) is 0 Å². The van der Waals surface area contributed by atoms with Crippen LogP contribution < -0.4 is 5.73 Å². The maximum atomic E-state index is 11.2. The summed E-state index contributed by atoms with van der Waals surface area (Å²) in [6, 6.07) is 0.0722. The standard InChI is InChI=1S/C9H15N3O3/c1-3-14-9(13)8-11-7(15-12-8)5-4-6(2)10/h6H,3-5,10H2,1-2H3. The van der Waals surface area contributed by atoms with E-state index < -0.39 is 5.97 Å². The fourth-order valence-corrected chi connectivity index (χ4v) is 0.986. The molecule has 0 radical (unpaired) electrons. The van der Waals surface area contributed by atoms with Gasteiger partial charge in [0.25, 0.3) is 5.82 Å². The first-order valence-electron chi connectivity index (χ1n) is 4.88. The van der Waals surface area contributed by atoms with E-state index >= 15 is 0 Å². The Morgan fingerprint density at radius 3 is 3.00 bits per heavy atom. The molecule has 0 bridgehead atoms. The Balaban J connectivity index is 2.52. The van der Waals surface area contributed by atoms with Crippen molar-refractivity contribution < 1.29 is 14.1 Å². The van der Waals surface area contributed by atoms with Crippen molar-refractivity contribution in [3.8, 4) is 0 Å². The summed E-state index contributed by atoms with van der Waals surface area (Å²) in [6.45, 7) is 3.90. The van der Waals surface area contributed by atoms with Gasteiger partial charge >= 0.3 is 5.97 Å². The molecule has 84 valence electrons. The van der Waals surface area contributed by atoms with Crippen LogP contribution in [0.3, 0.4) is 0 Å². The predicted molar refractivity (Wildman–Crippen MR) is 52.2 cm³/mol. The monoisotopic (exact) mass is 213 g/mol. The Morgan fingerprint density at radius 2 is 2.40 bits per heavy atom. The second kappa shape index (κ2) is 5.45. The minimum absolute atomic E-state index is 0.0310. The van der Waals surface area contributed by atoms with Crippen molar-refractivity contribution in [1.82, 2.24) is 10.1 Å². The summed E-state index contributed by atoms with van der Waals surface area (Å²) in [7, 11) is 0. The van der Waals surface area contributed by atoms with Crippen molar-refractivity contribution in [3.05, 3.63) is 11.7 Å². The summed E-state index contributed by atoms with van der Waals surface area (Å²) >= 11 is 0. The van der Waals surface area contributed by atoms with Gasteiger partial charge in [-0.3, -0.25) is 0 Å². The fourth-order valence-electron chi connectivity index (χ4n) is 0.986. The number of hydrogen-bond acceptors (Lipinski definition) is 6. The molecular formula is C9H15N3O3. The summed E-state index contributed by atoms with van der Waals surface area (Å²) in [5, 5.41) is 3.51. The number of aryl methyl sites for hydroxylation is 1. The predicted octanol–water partition coefficient (Wildman–Crippen LogP) is 0.526. The molecule has 0 aromatic carbocycles. The lowest BCUT2D eigenvalue weighted by Crippen LogP contribution is -2.15. The zero-order valence-electron chi connectivity index (χ0n) is 8.90. The van der Waals surface area contributed by atoms with Crippen molar-refractivity contribution in [1.29, 1.82) is 0 Å². The molecule has 6 nitrogen and oxygen atoms in total. The zero-order valence-corrected chi connectivity index (χ0v) is 8.90. The van der Waals surface area contributed by atoms with E-state index in [0.29, 0.717) is 18.9 Å². The van der Waals surface area contributed by atoms with Gasteiger partial charge in [-0.05, 0) is 25.4 Å². The highest BCUT2D eigenvalue weighted by Gasteiger charge is 2.15. The second-order valence-corrected chi connectivity index (χ2v) is 3.25. The number of carbonyl (C=O) groups is 1. The van der Waals surface area contributed by atoms with Crippen molar-refractivity contribution in [3.63, 3.8) is 0 Å². The van der Waals surface area contributed by atoms with Crippen LogP contribution in [0.15, 0.2) is 4.52 Å². The first-order chi connectivity index (χ1) is 7.13. The molecule has 0 fully saturated rings. The Morgan fingerprint density at radius 1 is 1.67 bits per heavy atom. The van der Waals surface area contributed by atoms with Gasteiger partial charge in [0.05, 0.1) is 6.61 Å². The quantitative estimate of drug-likeness (QED) is 0.717. The third kappa shape index (κ3) is 3.67. The van der Waals surface area contributed by atoms with E-state index in [4.69, 9.17) is 15.0 Å². The van der Waals surface area contributed by atoms with Crippen LogP contribution in [0.25, 0.3) is 0 Å². The summed E-state index contributed by atoms with van der Waals surface area (Å²) < 4.78 is 9.58. The van der Waals surface area contributed by atoms with Crippen LogP contribution in [-0.4, -0.2) is 28.8 Å². The minimum Gasteiger partial charge on any atom is -0.460 e. The second-order valence-electron chi connectivity index (χ2n) is 3.25. The van der Waals surface area contributed by atoms with E-state index in [2.05, 4.69) is 10.1 Å². The molecular weight excluding hydrogens is 198 g/mol. The smallest absolute Gasteiger partial charge is 0.379 e. The van der Waals surface area contributed by atoms with Crippen molar-refractivity contribution in [2.24, 2.45) is 5.73 Å². The van der Waals surface area contributed by atoms with Gasteiger partial charge < -0.3 is 15.0 Å². The van der Waals surface area contributed by atoms with E-state index in [1.165, 1.54) is 0 Å². The van der Waals surface area contributed by atoms with Gasteiger partial charge in [0.1, 0.15) is 0 Å². The van der Waals surface area contributed by atoms with Crippen molar-refractivity contribution >= 4 is 5.97 Å². The molecule has 6 heteroatoms. The third-order valence-electron chi connectivity index (χ3n) is 1.74. The number of ether oxygens (including phenoxy) is 1. The molecule has 1 aromatic heterocycles. The number of esters is 1. The topological polar surface area (TPSA) is 91.2 Å². The molecule has 1 atom stereocenters. The number of rotatable bonds is 5. The summed E-state index contributed by atoms with van der Waals surface area (Å²) in [5.74, 6) is -0.180. The van der Waals surface area contributed by atoms with E-state index in [0.717, 1.165) is 6.42 Å². The molecule has 0 saturated carbocycles. The number of carbonyl (C=O) groups excluding carboxylic acids is 1. The Labute approximate surface area is 87.8 Å². The van der Waals surface area contributed by atoms with E-state index in [-0.39, 0.29) is 11.9 Å². The molecule has 1 aromatic rings. The maximum absolute atomic E-state index is 11.2. The Hall–Kier alpha value is -1.43. The summed E-state index contributed by atoms with van der Waals surface area (Å²) in [5.41, 5.74) is 5.57. The van der Waals surface area contributed by atoms with Crippen molar-refractivity contribution in [2.75, 3.05) is 6.61 Å². The molecule has 0 aliphatic heterocycles. The molecule has 1 heterocycles. The number of nitrogens with zero attached hydrogens (tertiary/aromatic N) is 2. The number of hydrogen-bond donors (Lipinski definition) is 1. The molecule has 0 amide bonds. The highest BCUT2D eigenvalue weighted by molar-refractivity contribution is 5.84. The van der Waals surface area contributed by atoms with Gasteiger partial charge in [-0.15, -0.1) is 0 Å². The lowest BCUT2D eigenvalue weighted by atomic mass is 10.2. The first-order valence-corrected chi connectivity index (χ1v) is 4.88. The van der Waals surface area contributed by atoms with Crippen LogP contribution in [0.4, 0.5) is 0 Å². The number of nitrogens with two attached hydrogens (primary N) is 1. The maximum Gasteiger partial charge on any atom is 0.379 e. The first kappa shape index (κ1) is 11.6. The molecule has 15 heavy (non-hydrogen) atoms. The molecule has 2 N–H and O–H groups in total. The van der Waals surface area contributed by atoms with Crippen LogP contribution in [-0.2, 0) is 11.2 Å². The molecule has 0 saturated heterocycles. The molecule has 1 rings (SSSR count). The fraction of sp³-hybridized carbons (Fsp3) is 0.667. The van der Waals surface area contributed by atoms with Crippen LogP contribution >= 0.6 is 0 Å². The summed E-state index contributed by atoms with van der Waals surface area (Å²) in [4.78, 5) is 15.1. The Kier molecular flexibility index (Phi) is 4.23. The molecule has 0 aliphatic carbocycles. The average Bonchev–Trinajstić information content (AvgIpc) is 2.63. The molecule has 0 spiro atoms. The lowest BCUT2D eigenvalue weighted by Gasteiger charge is -1.99. The van der Waals surface area contributed by atoms with Crippen LogP contribution in [0.5, 0.6) is 0 Å². The average molecular weight is 213 g/mol. The van der Waals surface area contributed by atoms with Gasteiger partial charge in [-0.1, -0.05) is 0 Å². The molecule has 1 unspecified atom stereocenters. The summed E-state index contributed by atoms with van der Waals surface area (Å²) in [6.07, 6.45) is 1.31. The highest BCUT2D eigenvalue weighted by Crippen LogP contribution is 2.03. The van der Waals surface area contributed by atoms with Gasteiger partial charge in [0, 0.05) is 12.5 Å². The SMILES string of the molecule is CCOC(=O)c1noc(CCC(C)N)n1. The van der Waals surface area contributed by atoms with Crippen LogP contribution in [0.1, 0.15) is 36.8 Å². The van der Waals surface area contributed by atoms with Gasteiger partial charge in [-0.25, -0.2) is 4.79 Å². The third-order valence-corrected chi connectivity index (χ3v) is 1.74. The largest absolute Gasteiger partial charge is 0.460 e. The van der Waals surface area contributed by atoms with E-state index in [1.54, 1.807) is 6.92 Å². The lowest BCUT2D eigenvalue weighted by molar-refractivity contribution is 0.0508. The normalized spacial score (nSPS) is 12.5. The number of aromatic nitrogens is 2. The highest BCUT2D eigenvalue weighted by atomic mass is 16.5. The van der Waals surface area contributed by atoms with Gasteiger partial charge in [0.2, 0.25) is 5.89 Å². The zero-order chi connectivity index (χ0) is 11.3. The van der Waals surface area contributed by atoms with Crippen molar-refractivity contribution in [2.45, 2.75) is 32.7 Å². The Bertz CT molecular complexity index is 322. The van der Waals surface area contributed by atoms with Crippen LogP contribution in [0, 0.1) is 0 Å². The minimum atomic E-state index is -0.562.